The van der Waals surface area contributed by atoms with Crippen LogP contribution < -0.4 is 10.0 Å². The third-order valence-corrected chi connectivity index (χ3v) is 5.21. The van der Waals surface area contributed by atoms with Gasteiger partial charge in [0.15, 0.2) is 0 Å². The highest BCUT2D eigenvalue weighted by Gasteiger charge is 2.29. The Bertz CT molecular complexity index is 598. The minimum atomic E-state index is -3.43. The van der Waals surface area contributed by atoms with Crippen molar-refractivity contribution in [3.8, 4) is 0 Å². The minimum Gasteiger partial charge on any atom is -0.481 e. The number of rotatable bonds is 6. The van der Waals surface area contributed by atoms with Gasteiger partial charge in [-0.1, -0.05) is 6.92 Å². The highest BCUT2D eigenvalue weighted by atomic mass is 32.2. The topological polar surface area (TPSA) is 95.5 Å². The van der Waals surface area contributed by atoms with E-state index in [4.69, 9.17) is 5.11 Å². The Labute approximate surface area is 124 Å². The molecule has 1 aromatic rings. The molecule has 0 heterocycles. The maximum absolute atomic E-state index is 11.8. The van der Waals surface area contributed by atoms with Gasteiger partial charge < -0.3 is 10.4 Å². The molecule has 1 aliphatic rings. The molecular formula is C14H20N2O4S. The second-order valence-electron chi connectivity index (χ2n) is 5.22. The van der Waals surface area contributed by atoms with Gasteiger partial charge in [-0.3, -0.25) is 4.79 Å². The summed E-state index contributed by atoms with van der Waals surface area (Å²) in [6.45, 7) is 2.08. The minimum absolute atomic E-state index is 0.127. The lowest BCUT2D eigenvalue weighted by atomic mass is 10.1. The molecule has 0 unspecified atom stereocenters. The Balaban J connectivity index is 1.99. The van der Waals surface area contributed by atoms with Crippen LogP contribution in [0.2, 0.25) is 0 Å². The van der Waals surface area contributed by atoms with E-state index < -0.39 is 16.0 Å². The number of nitrogens with one attached hydrogen (secondary N) is 2. The molecule has 2 rings (SSSR count). The zero-order valence-electron chi connectivity index (χ0n) is 11.9. The molecule has 0 aliphatic heterocycles. The van der Waals surface area contributed by atoms with Crippen LogP contribution in [0.25, 0.3) is 0 Å². The number of anilines is 1. The Morgan fingerprint density at radius 3 is 2.48 bits per heavy atom. The summed E-state index contributed by atoms with van der Waals surface area (Å²) in [6, 6.07) is 6.63. The third kappa shape index (κ3) is 3.95. The number of sulfonamides is 1. The van der Waals surface area contributed by atoms with Crippen LogP contribution in [-0.2, 0) is 14.8 Å². The van der Waals surface area contributed by atoms with E-state index in [0.29, 0.717) is 19.4 Å². The van der Waals surface area contributed by atoms with E-state index in [1.165, 1.54) is 0 Å². The summed E-state index contributed by atoms with van der Waals surface area (Å²) in [5.74, 6) is -1.03. The maximum Gasteiger partial charge on any atom is 0.306 e. The van der Waals surface area contributed by atoms with E-state index in [-0.39, 0.29) is 16.9 Å². The summed E-state index contributed by atoms with van der Waals surface area (Å²) in [5.41, 5.74) is 0.807. The second-order valence-corrected chi connectivity index (χ2v) is 6.98. The van der Waals surface area contributed by atoms with Gasteiger partial charge >= 0.3 is 5.97 Å². The smallest absolute Gasteiger partial charge is 0.306 e. The van der Waals surface area contributed by atoms with Crippen molar-refractivity contribution in [1.82, 2.24) is 4.72 Å². The number of carbonyl (C=O) groups is 1. The van der Waals surface area contributed by atoms with Gasteiger partial charge in [0.25, 0.3) is 0 Å². The zero-order chi connectivity index (χ0) is 15.5. The van der Waals surface area contributed by atoms with Crippen molar-refractivity contribution >= 4 is 21.7 Å². The van der Waals surface area contributed by atoms with E-state index in [2.05, 4.69) is 10.0 Å². The van der Waals surface area contributed by atoms with E-state index in [1.807, 2.05) is 0 Å². The molecule has 7 heteroatoms. The quantitative estimate of drug-likeness (QED) is 0.742. The first-order valence-electron chi connectivity index (χ1n) is 7.01. The first-order chi connectivity index (χ1) is 9.92. The summed E-state index contributed by atoms with van der Waals surface area (Å²) >= 11 is 0. The van der Waals surface area contributed by atoms with Crippen molar-refractivity contribution in [2.45, 2.75) is 37.1 Å². The molecule has 21 heavy (non-hydrogen) atoms. The summed E-state index contributed by atoms with van der Waals surface area (Å²) in [4.78, 5) is 11.1. The number of carboxylic acid groups (broad SMARTS) is 1. The molecule has 0 bridgehead atoms. The van der Waals surface area contributed by atoms with Gasteiger partial charge in [-0.05, 0) is 43.5 Å². The average Bonchev–Trinajstić information content (AvgIpc) is 2.88. The molecule has 0 saturated heterocycles. The number of hydrogen-bond donors (Lipinski definition) is 3. The van der Waals surface area contributed by atoms with E-state index in [1.54, 1.807) is 31.2 Å². The summed E-state index contributed by atoms with van der Waals surface area (Å²) in [7, 11) is -3.43. The Morgan fingerprint density at radius 1 is 1.29 bits per heavy atom. The fourth-order valence-electron chi connectivity index (χ4n) is 2.58. The van der Waals surface area contributed by atoms with Gasteiger partial charge in [-0.2, -0.15) is 0 Å². The lowest BCUT2D eigenvalue weighted by Crippen LogP contribution is -2.23. The van der Waals surface area contributed by atoms with Gasteiger partial charge in [0, 0.05) is 18.3 Å². The van der Waals surface area contributed by atoms with Crippen LogP contribution in [0, 0.1) is 5.92 Å². The number of benzene rings is 1. The van der Waals surface area contributed by atoms with E-state index >= 15 is 0 Å². The Hall–Kier alpha value is -1.60. The molecule has 0 amide bonds. The molecule has 2 atom stereocenters. The van der Waals surface area contributed by atoms with Crippen molar-refractivity contribution < 1.29 is 18.3 Å². The lowest BCUT2D eigenvalue weighted by molar-refractivity contribution is -0.141. The first kappa shape index (κ1) is 15.8. The summed E-state index contributed by atoms with van der Waals surface area (Å²) in [5, 5.41) is 12.2. The molecule has 0 spiro atoms. The molecule has 1 aliphatic carbocycles. The Kier molecular flexibility index (Phi) is 4.84. The van der Waals surface area contributed by atoms with Crippen molar-refractivity contribution in [3.63, 3.8) is 0 Å². The fourth-order valence-corrected chi connectivity index (χ4v) is 3.62. The molecule has 6 nitrogen and oxygen atoms in total. The van der Waals surface area contributed by atoms with Crippen LogP contribution in [0.4, 0.5) is 5.69 Å². The summed E-state index contributed by atoms with van der Waals surface area (Å²) < 4.78 is 26.1. The van der Waals surface area contributed by atoms with Crippen LogP contribution in [0.1, 0.15) is 26.2 Å². The molecule has 1 fully saturated rings. The number of carboxylic acids is 1. The molecule has 116 valence electrons. The van der Waals surface area contributed by atoms with Gasteiger partial charge in [0.05, 0.1) is 10.8 Å². The highest BCUT2D eigenvalue weighted by Crippen LogP contribution is 2.28. The van der Waals surface area contributed by atoms with Gasteiger partial charge in [0.1, 0.15) is 0 Å². The van der Waals surface area contributed by atoms with Crippen molar-refractivity contribution in [3.05, 3.63) is 24.3 Å². The van der Waals surface area contributed by atoms with E-state index in [0.717, 1.165) is 12.1 Å². The lowest BCUT2D eigenvalue weighted by Gasteiger charge is -2.14. The van der Waals surface area contributed by atoms with Crippen LogP contribution in [0.5, 0.6) is 0 Å². The standard InChI is InChI=1S/C14H20N2O4S/c1-2-15-21(19,20)13-7-5-11(6-8-13)16-12-4-3-10(9-12)14(17)18/h5-8,10,12,15-16H,2-4,9H2,1H3,(H,17,18)/t10-,12+/m1/s1. The number of hydrogen-bond acceptors (Lipinski definition) is 4. The monoisotopic (exact) mass is 312 g/mol. The predicted molar refractivity (Wildman–Crippen MR) is 79.7 cm³/mol. The van der Waals surface area contributed by atoms with E-state index in [9.17, 15) is 13.2 Å². The van der Waals surface area contributed by atoms with Crippen LogP contribution in [0.3, 0.4) is 0 Å². The van der Waals surface area contributed by atoms with Crippen LogP contribution in [-0.4, -0.2) is 32.1 Å². The van der Waals surface area contributed by atoms with Gasteiger partial charge in [-0.15, -0.1) is 0 Å². The molecule has 0 radical (unpaired) electrons. The van der Waals surface area contributed by atoms with Crippen LogP contribution >= 0.6 is 0 Å². The molecule has 3 N–H and O–H groups in total. The third-order valence-electron chi connectivity index (χ3n) is 3.65. The normalized spacial score (nSPS) is 22.1. The van der Waals surface area contributed by atoms with Gasteiger partial charge in [-0.25, -0.2) is 13.1 Å². The van der Waals surface area contributed by atoms with Crippen molar-refractivity contribution in [2.24, 2.45) is 5.92 Å². The fraction of sp³-hybridized carbons (Fsp3) is 0.500. The highest BCUT2D eigenvalue weighted by molar-refractivity contribution is 7.89. The predicted octanol–water partition coefficient (Wildman–Crippen LogP) is 1.65. The zero-order valence-corrected chi connectivity index (χ0v) is 12.7. The van der Waals surface area contributed by atoms with Gasteiger partial charge in [0.2, 0.25) is 10.0 Å². The SMILES string of the molecule is CCNS(=O)(=O)c1ccc(N[C@H]2CC[C@@H](C(=O)O)C2)cc1. The van der Waals surface area contributed by atoms with Crippen molar-refractivity contribution in [2.75, 3.05) is 11.9 Å². The molecule has 1 saturated carbocycles. The first-order valence-corrected chi connectivity index (χ1v) is 8.49. The molecule has 0 aromatic heterocycles. The second kappa shape index (κ2) is 6.44. The van der Waals surface area contributed by atoms with Crippen LogP contribution in [0.15, 0.2) is 29.2 Å². The largest absolute Gasteiger partial charge is 0.481 e. The average molecular weight is 312 g/mol. The molecular weight excluding hydrogens is 292 g/mol. The Morgan fingerprint density at radius 2 is 1.95 bits per heavy atom. The maximum atomic E-state index is 11.8. The molecule has 1 aromatic carbocycles. The van der Waals surface area contributed by atoms with Crippen molar-refractivity contribution in [1.29, 1.82) is 0 Å². The summed E-state index contributed by atoms with van der Waals surface area (Å²) in [6.07, 6.45) is 2.10. The number of aliphatic carboxylic acids is 1.